The van der Waals surface area contributed by atoms with Crippen molar-refractivity contribution in [3.63, 3.8) is 0 Å². The Labute approximate surface area is 72.2 Å². The average molecular weight is 167 g/mol. The van der Waals surface area contributed by atoms with Crippen molar-refractivity contribution in [3.8, 4) is 0 Å². The molecular formula is C9H13NS. The Bertz CT molecular complexity index is 245. The van der Waals surface area contributed by atoms with E-state index in [0.717, 1.165) is 11.4 Å². The molecule has 0 aliphatic carbocycles. The van der Waals surface area contributed by atoms with Crippen molar-refractivity contribution in [2.24, 2.45) is 0 Å². The molecule has 11 heavy (non-hydrogen) atoms. The molecule has 0 unspecified atom stereocenters. The lowest BCUT2D eigenvalue weighted by Crippen LogP contribution is -1.85. The van der Waals surface area contributed by atoms with Gasteiger partial charge in [-0.3, -0.25) is 4.98 Å². The third-order valence-electron chi connectivity index (χ3n) is 1.50. The lowest BCUT2D eigenvalue weighted by atomic mass is 10.2. The van der Waals surface area contributed by atoms with E-state index in [1.165, 1.54) is 10.5 Å². The number of hydrogen-bond donors (Lipinski definition) is 0. The molecule has 0 saturated heterocycles. The Morgan fingerprint density at radius 2 is 2.18 bits per heavy atom. The fourth-order valence-electron chi connectivity index (χ4n) is 0.991. The van der Waals surface area contributed by atoms with Gasteiger partial charge in [-0.2, -0.15) is 0 Å². The molecule has 1 nitrogen and oxygen atoms in total. The molecule has 1 aromatic heterocycles. The number of pyridine rings is 1. The molecule has 1 heterocycles. The first-order valence-corrected chi connectivity index (χ1v) is 4.78. The minimum atomic E-state index is 1.10. The van der Waals surface area contributed by atoms with Gasteiger partial charge in [0.15, 0.2) is 0 Å². The largest absolute Gasteiger partial charge is 0.260 e. The molecule has 0 aromatic carbocycles. The van der Waals surface area contributed by atoms with Gasteiger partial charge in [-0.1, -0.05) is 6.92 Å². The van der Waals surface area contributed by atoms with Gasteiger partial charge in [0.05, 0.1) is 0 Å². The third kappa shape index (κ3) is 2.22. The summed E-state index contributed by atoms with van der Waals surface area (Å²) < 4.78 is 0. The first-order valence-electron chi connectivity index (χ1n) is 3.80. The number of aryl methyl sites for hydroxylation is 2. The van der Waals surface area contributed by atoms with Crippen LogP contribution in [0.25, 0.3) is 0 Å². The van der Waals surface area contributed by atoms with Crippen molar-refractivity contribution in [1.82, 2.24) is 4.98 Å². The topological polar surface area (TPSA) is 12.9 Å². The smallest absolute Gasteiger partial charge is 0.0409 e. The highest BCUT2D eigenvalue weighted by Gasteiger charge is 1.97. The van der Waals surface area contributed by atoms with Crippen LogP contribution in [-0.2, 0) is 0 Å². The summed E-state index contributed by atoms with van der Waals surface area (Å²) in [4.78, 5) is 5.54. The predicted molar refractivity (Wildman–Crippen MR) is 50.1 cm³/mol. The molecule has 0 radical (unpaired) electrons. The van der Waals surface area contributed by atoms with Crippen molar-refractivity contribution >= 4 is 11.8 Å². The van der Waals surface area contributed by atoms with Gasteiger partial charge in [0, 0.05) is 16.8 Å². The standard InChI is InChI=1S/C9H13NS/c1-4-11-9-6-10-8(3)5-7(9)2/h5-6H,4H2,1-3H3. The maximum atomic E-state index is 4.24. The van der Waals surface area contributed by atoms with Crippen LogP contribution in [0.3, 0.4) is 0 Å². The molecule has 0 fully saturated rings. The number of hydrogen-bond acceptors (Lipinski definition) is 2. The van der Waals surface area contributed by atoms with Crippen molar-refractivity contribution in [3.05, 3.63) is 23.5 Å². The Morgan fingerprint density at radius 1 is 1.45 bits per heavy atom. The summed E-state index contributed by atoms with van der Waals surface area (Å²) in [7, 11) is 0. The van der Waals surface area contributed by atoms with Gasteiger partial charge < -0.3 is 0 Å². The van der Waals surface area contributed by atoms with Gasteiger partial charge in [0.1, 0.15) is 0 Å². The summed E-state index contributed by atoms with van der Waals surface area (Å²) in [6, 6.07) is 2.12. The number of aromatic nitrogens is 1. The minimum absolute atomic E-state index is 1.10. The van der Waals surface area contributed by atoms with E-state index in [0.29, 0.717) is 0 Å². The van der Waals surface area contributed by atoms with Crippen LogP contribution >= 0.6 is 11.8 Å². The van der Waals surface area contributed by atoms with Crippen LogP contribution < -0.4 is 0 Å². The lowest BCUT2D eigenvalue weighted by molar-refractivity contribution is 1.11. The summed E-state index contributed by atoms with van der Waals surface area (Å²) in [5.74, 6) is 1.12. The highest BCUT2D eigenvalue weighted by atomic mass is 32.2. The molecule has 0 spiro atoms. The van der Waals surface area contributed by atoms with Crippen molar-refractivity contribution in [2.75, 3.05) is 5.75 Å². The molecule has 60 valence electrons. The first-order chi connectivity index (χ1) is 5.24. The molecule has 1 aromatic rings. The molecule has 0 aliphatic rings. The van der Waals surface area contributed by atoms with Gasteiger partial charge in [-0.25, -0.2) is 0 Å². The molecule has 0 aliphatic heterocycles. The van der Waals surface area contributed by atoms with Gasteiger partial charge in [-0.05, 0) is 31.2 Å². The lowest BCUT2D eigenvalue weighted by Gasteiger charge is -2.02. The maximum Gasteiger partial charge on any atom is 0.0409 e. The number of nitrogens with zero attached hydrogens (tertiary/aromatic N) is 1. The van der Waals surface area contributed by atoms with E-state index in [9.17, 15) is 0 Å². The summed E-state index contributed by atoms with van der Waals surface area (Å²) >= 11 is 1.85. The highest BCUT2D eigenvalue weighted by molar-refractivity contribution is 7.99. The zero-order valence-electron chi connectivity index (χ0n) is 7.22. The quantitative estimate of drug-likeness (QED) is 0.628. The monoisotopic (exact) mass is 167 g/mol. The fourth-order valence-corrected chi connectivity index (χ4v) is 1.72. The van der Waals surface area contributed by atoms with Crippen LogP contribution in [0.15, 0.2) is 17.2 Å². The second-order valence-electron chi connectivity index (χ2n) is 2.52. The van der Waals surface area contributed by atoms with Crippen LogP contribution in [-0.4, -0.2) is 10.7 Å². The predicted octanol–water partition coefficient (Wildman–Crippen LogP) is 2.81. The Kier molecular flexibility index (Phi) is 2.94. The number of rotatable bonds is 2. The SMILES string of the molecule is CCSc1cnc(C)cc1C. The van der Waals surface area contributed by atoms with Crippen molar-refractivity contribution in [2.45, 2.75) is 25.7 Å². The van der Waals surface area contributed by atoms with E-state index in [2.05, 4.69) is 24.9 Å². The second-order valence-corrected chi connectivity index (χ2v) is 3.83. The molecule has 0 atom stereocenters. The van der Waals surface area contributed by atoms with Crippen LogP contribution in [0.4, 0.5) is 0 Å². The Morgan fingerprint density at radius 3 is 2.73 bits per heavy atom. The molecule has 0 bridgehead atoms. The van der Waals surface area contributed by atoms with Crippen LogP contribution in [0.1, 0.15) is 18.2 Å². The zero-order valence-corrected chi connectivity index (χ0v) is 8.03. The zero-order chi connectivity index (χ0) is 8.27. The van der Waals surface area contributed by atoms with E-state index >= 15 is 0 Å². The van der Waals surface area contributed by atoms with Gasteiger partial charge in [0.25, 0.3) is 0 Å². The fraction of sp³-hybridized carbons (Fsp3) is 0.444. The molecule has 0 saturated carbocycles. The maximum absolute atomic E-state index is 4.24. The van der Waals surface area contributed by atoms with E-state index in [1.54, 1.807) is 0 Å². The summed E-state index contributed by atoms with van der Waals surface area (Å²) in [5.41, 5.74) is 2.44. The van der Waals surface area contributed by atoms with Crippen LogP contribution in [0, 0.1) is 13.8 Å². The van der Waals surface area contributed by atoms with Gasteiger partial charge in [0.2, 0.25) is 0 Å². The van der Waals surface area contributed by atoms with Gasteiger partial charge in [-0.15, -0.1) is 11.8 Å². The van der Waals surface area contributed by atoms with E-state index in [1.807, 2.05) is 24.9 Å². The van der Waals surface area contributed by atoms with Gasteiger partial charge >= 0.3 is 0 Å². The Balaban J connectivity index is 2.90. The van der Waals surface area contributed by atoms with Crippen molar-refractivity contribution in [1.29, 1.82) is 0 Å². The van der Waals surface area contributed by atoms with E-state index in [-0.39, 0.29) is 0 Å². The van der Waals surface area contributed by atoms with Crippen LogP contribution in [0.2, 0.25) is 0 Å². The second kappa shape index (κ2) is 3.77. The normalized spacial score (nSPS) is 10.1. The average Bonchev–Trinajstić information content (AvgIpc) is 1.95. The molecule has 0 amide bonds. The Hall–Kier alpha value is -0.500. The van der Waals surface area contributed by atoms with Crippen LogP contribution in [0.5, 0.6) is 0 Å². The summed E-state index contributed by atoms with van der Waals surface area (Å²) in [6.07, 6.45) is 1.96. The highest BCUT2D eigenvalue weighted by Crippen LogP contribution is 2.20. The molecule has 0 N–H and O–H groups in total. The number of thioether (sulfide) groups is 1. The summed E-state index contributed by atoms with van der Waals surface area (Å²) in [6.45, 7) is 6.31. The molecule has 1 rings (SSSR count). The summed E-state index contributed by atoms with van der Waals surface area (Å²) in [5, 5.41) is 0. The molecule has 2 heteroatoms. The minimum Gasteiger partial charge on any atom is -0.260 e. The van der Waals surface area contributed by atoms with E-state index in [4.69, 9.17) is 0 Å². The molecular weight excluding hydrogens is 154 g/mol. The van der Waals surface area contributed by atoms with E-state index < -0.39 is 0 Å². The third-order valence-corrected chi connectivity index (χ3v) is 2.53. The first kappa shape index (κ1) is 8.60. The van der Waals surface area contributed by atoms with Crippen molar-refractivity contribution < 1.29 is 0 Å².